The van der Waals surface area contributed by atoms with E-state index in [1.165, 1.54) is 18.6 Å². The van der Waals surface area contributed by atoms with Crippen molar-refractivity contribution in [1.29, 1.82) is 0 Å². The third kappa shape index (κ3) is 3.58. The van der Waals surface area contributed by atoms with Crippen molar-refractivity contribution in [3.05, 3.63) is 34.1 Å². The zero-order valence-electron chi connectivity index (χ0n) is 11.7. The normalized spacial score (nSPS) is 20.4. The molecule has 6 heteroatoms. The topological polar surface area (TPSA) is 32.3 Å². The number of carbonyl (C=O) groups is 1. The van der Waals surface area contributed by atoms with Crippen LogP contribution in [0.15, 0.2) is 22.7 Å². The fourth-order valence-corrected chi connectivity index (χ4v) is 3.73. The zero-order valence-corrected chi connectivity index (χ0v) is 14.1. The summed E-state index contributed by atoms with van der Waals surface area (Å²) in [5.41, 5.74) is 0.816. The Kier molecular flexibility index (Phi) is 5.28. The molecule has 0 aromatic heterocycles. The van der Waals surface area contributed by atoms with Crippen molar-refractivity contribution in [2.45, 2.75) is 19.3 Å². The van der Waals surface area contributed by atoms with E-state index >= 15 is 0 Å². The molecule has 2 heterocycles. The number of benzene rings is 1. The van der Waals surface area contributed by atoms with Crippen molar-refractivity contribution in [3.8, 4) is 0 Å². The highest BCUT2D eigenvalue weighted by Gasteiger charge is 2.38. The van der Waals surface area contributed by atoms with Crippen LogP contribution in [0.1, 0.15) is 29.6 Å². The van der Waals surface area contributed by atoms with Crippen LogP contribution in [0.4, 0.5) is 4.39 Å². The monoisotopic (exact) mass is 376 g/mol. The van der Waals surface area contributed by atoms with Crippen molar-refractivity contribution in [1.82, 2.24) is 10.2 Å². The summed E-state index contributed by atoms with van der Waals surface area (Å²) < 4.78 is 14.0. The highest BCUT2D eigenvalue weighted by molar-refractivity contribution is 9.10. The number of halogens is 3. The molecule has 2 fully saturated rings. The summed E-state index contributed by atoms with van der Waals surface area (Å²) in [4.78, 5) is 14.3. The summed E-state index contributed by atoms with van der Waals surface area (Å²) in [6, 6.07) is 4.37. The molecule has 3 rings (SSSR count). The number of hydrogen-bond acceptors (Lipinski definition) is 2. The van der Waals surface area contributed by atoms with E-state index in [2.05, 4.69) is 21.2 Å². The van der Waals surface area contributed by atoms with Crippen molar-refractivity contribution < 1.29 is 9.18 Å². The molecule has 116 valence electrons. The summed E-state index contributed by atoms with van der Waals surface area (Å²) in [7, 11) is 0. The average molecular weight is 378 g/mol. The highest BCUT2D eigenvalue weighted by atomic mass is 79.9. The standard InChI is InChI=1S/C15H18BrFN2O.ClH/c16-12-7-11(8-13(17)9-12)14(20)19-5-2-15(3-6-19)1-4-18-10-15;/h7-9,18H,1-6,10H2;1H. The molecule has 1 amide bonds. The molecule has 1 N–H and O–H groups in total. The van der Waals surface area contributed by atoms with E-state index in [0.29, 0.717) is 15.5 Å². The predicted molar refractivity (Wildman–Crippen MR) is 86.4 cm³/mol. The van der Waals surface area contributed by atoms with E-state index < -0.39 is 0 Å². The van der Waals surface area contributed by atoms with Crippen LogP contribution in [0.25, 0.3) is 0 Å². The van der Waals surface area contributed by atoms with Crippen LogP contribution >= 0.6 is 28.3 Å². The molecule has 0 aliphatic carbocycles. The lowest BCUT2D eigenvalue weighted by atomic mass is 9.78. The Hall–Kier alpha value is -0.650. The fourth-order valence-electron chi connectivity index (χ4n) is 3.27. The van der Waals surface area contributed by atoms with Crippen LogP contribution in [-0.4, -0.2) is 37.0 Å². The van der Waals surface area contributed by atoms with Crippen LogP contribution in [0.2, 0.25) is 0 Å². The third-order valence-corrected chi connectivity index (χ3v) is 5.01. The van der Waals surface area contributed by atoms with Gasteiger partial charge in [-0.15, -0.1) is 12.4 Å². The second-order valence-corrected chi connectivity index (χ2v) is 6.79. The summed E-state index contributed by atoms with van der Waals surface area (Å²) >= 11 is 3.24. The Morgan fingerprint density at radius 1 is 1.24 bits per heavy atom. The number of nitrogens with one attached hydrogen (secondary N) is 1. The summed E-state index contributed by atoms with van der Waals surface area (Å²) in [6.45, 7) is 3.70. The van der Waals surface area contributed by atoms with Gasteiger partial charge in [-0.2, -0.15) is 0 Å². The van der Waals surface area contributed by atoms with Crippen LogP contribution in [0.3, 0.4) is 0 Å². The number of carbonyl (C=O) groups excluding carboxylic acids is 1. The first-order chi connectivity index (χ1) is 9.58. The molecule has 2 aliphatic rings. The van der Waals surface area contributed by atoms with Gasteiger partial charge in [0.1, 0.15) is 5.82 Å². The number of amides is 1. The number of hydrogen-bond donors (Lipinski definition) is 1. The molecule has 1 aromatic rings. The molecule has 0 atom stereocenters. The van der Waals surface area contributed by atoms with Crippen molar-refractivity contribution in [2.75, 3.05) is 26.2 Å². The Balaban J connectivity index is 0.00000161. The second kappa shape index (κ2) is 6.63. The van der Waals surface area contributed by atoms with Gasteiger partial charge in [-0.05, 0) is 49.4 Å². The van der Waals surface area contributed by atoms with Crippen molar-refractivity contribution in [3.63, 3.8) is 0 Å². The third-order valence-electron chi connectivity index (χ3n) is 4.55. The first kappa shape index (κ1) is 16.7. The average Bonchev–Trinajstić information content (AvgIpc) is 2.86. The quantitative estimate of drug-likeness (QED) is 0.815. The van der Waals surface area contributed by atoms with Crippen LogP contribution in [-0.2, 0) is 0 Å². The fraction of sp³-hybridized carbons (Fsp3) is 0.533. The van der Waals surface area contributed by atoms with E-state index in [0.717, 1.165) is 39.0 Å². The molecule has 2 saturated heterocycles. The predicted octanol–water partition coefficient (Wildman–Crippen LogP) is 3.23. The van der Waals surface area contributed by atoms with E-state index in [9.17, 15) is 9.18 Å². The molecule has 21 heavy (non-hydrogen) atoms. The lowest BCUT2D eigenvalue weighted by Crippen LogP contribution is -2.44. The SMILES string of the molecule is Cl.O=C(c1cc(F)cc(Br)c1)N1CCC2(CCNC2)CC1. The summed E-state index contributed by atoms with van der Waals surface area (Å²) in [5.74, 6) is -0.442. The molecule has 3 nitrogen and oxygen atoms in total. The van der Waals surface area contributed by atoms with Crippen molar-refractivity contribution >= 4 is 34.2 Å². The maximum atomic E-state index is 13.4. The van der Waals surface area contributed by atoms with Gasteiger partial charge in [0.05, 0.1) is 0 Å². The van der Waals surface area contributed by atoms with E-state index in [1.807, 2.05) is 4.90 Å². The van der Waals surface area contributed by atoms with Gasteiger partial charge in [0, 0.05) is 29.7 Å². The molecule has 1 spiro atoms. The molecule has 0 radical (unpaired) electrons. The zero-order chi connectivity index (χ0) is 14.2. The van der Waals surface area contributed by atoms with Crippen LogP contribution < -0.4 is 5.32 Å². The molecule has 1 aromatic carbocycles. The largest absolute Gasteiger partial charge is 0.339 e. The van der Waals surface area contributed by atoms with Gasteiger partial charge >= 0.3 is 0 Å². The first-order valence-electron chi connectivity index (χ1n) is 7.04. The number of rotatable bonds is 1. The number of likely N-dealkylation sites (tertiary alicyclic amines) is 1. The van der Waals surface area contributed by atoms with Gasteiger partial charge < -0.3 is 10.2 Å². The Morgan fingerprint density at radius 3 is 2.52 bits per heavy atom. The molecule has 0 bridgehead atoms. The molecular weight excluding hydrogens is 359 g/mol. The molecule has 2 aliphatic heterocycles. The first-order valence-corrected chi connectivity index (χ1v) is 7.83. The lowest BCUT2D eigenvalue weighted by molar-refractivity contribution is 0.0607. The number of nitrogens with zero attached hydrogens (tertiary/aromatic N) is 1. The molecule has 0 unspecified atom stereocenters. The lowest BCUT2D eigenvalue weighted by Gasteiger charge is -2.38. The van der Waals surface area contributed by atoms with Gasteiger partial charge in [-0.25, -0.2) is 4.39 Å². The minimum Gasteiger partial charge on any atom is -0.339 e. The van der Waals surface area contributed by atoms with E-state index in [4.69, 9.17) is 0 Å². The minimum absolute atomic E-state index is 0. The smallest absolute Gasteiger partial charge is 0.253 e. The van der Waals surface area contributed by atoms with Gasteiger partial charge in [0.2, 0.25) is 0 Å². The van der Waals surface area contributed by atoms with Gasteiger partial charge in [-0.3, -0.25) is 4.79 Å². The minimum atomic E-state index is -0.379. The maximum absolute atomic E-state index is 13.4. The van der Waals surface area contributed by atoms with Gasteiger partial charge in [-0.1, -0.05) is 15.9 Å². The number of piperidine rings is 1. The highest BCUT2D eigenvalue weighted by Crippen LogP contribution is 2.37. The Labute approximate surface area is 138 Å². The van der Waals surface area contributed by atoms with Crippen LogP contribution in [0.5, 0.6) is 0 Å². The Morgan fingerprint density at radius 2 is 1.95 bits per heavy atom. The maximum Gasteiger partial charge on any atom is 0.253 e. The van der Waals surface area contributed by atoms with Crippen molar-refractivity contribution in [2.24, 2.45) is 5.41 Å². The van der Waals surface area contributed by atoms with E-state index in [1.54, 1.807) is 6.07 Å². The van der Waals surface area contributed by atoms with Gasteiger partial charge in [0.25, 0.3) is 5.91 Å². The summed E-state index contributed by atoms with van der Waals surface area (Å²) in [6.07, 6.45) is 3.30. The second-order valence-electron chi connectivity index (χ2n) is 5.88. The summed E-state index contributed by atoms with van der Waals surface area (Å²) in [5, 5.41) is 3.41. The van der Waals surface area contributed by atoms with E-state index in [-0.39, 0.29) is 24.1 Å². The molecule has 0 saturated carbocycles. The van der Waals surface area contributed by atoms with Gasteiger partial charge in [0.15, 0.2) is 0 Å². The van der Waals surface area contributed by atoms with Crippen LogP contribution in [0, 0.1) is 11.2 Å². The Bertz CT molecular complexity index is 504. The molecular formula is C15H19BrClFN2O.